The molecule has 0 fully saturated rings. The van der Waals surface area contributed by atoms with Crippen LogP contribution in [-0.4, -0.2) is 54.7 Å². The van der Waals surface area contributed by atoms with Gasteiger partial charge in [-0.25, -0.2) is 9.59 Å². The summed E-state index contributed by atoms with van der Waals surface area (Å²) in [6.45, 7) is 3.28. The van der Waals surface area contributed by atoms with Gasteiger partial charge in [0.05, 0.1) is 32.2 Å². The van der Waals surface area contributed by atoms with Crippen LogP contribution in [0.25, 0.3) is 16.6 Å². The molecule has 7 heteroatoms. The van der Waals surface area contributed by atoms with Gasteiger partial charge in [0.1, 0.15) is 5.75 Å². The molecular formula is C22H22N2O5. The lowest BCUT2D eigenvalue weighted by Crippen LogP contribution is -2.48. The van der Waals surface area contributed by atoms with Crippen LogP contribution in [0.1, 0.15) is 24.6 Å². The van der Waals surface area contributed by atoms with E-state index < -0.39 is 17.5 Å². The summed E-state index contributed by atoms with van der Waals surface area (Å²) in [4.78, 5) is 30.6. The molecule has 2 aromatic rings. The number of hydrogen-bond acceptors (Lipinski definition) is 6. The fourth-order valence-electron chi connectivity index (χ4n) is 4.83. The van der Waals surface area contributed by atoms with Crippen molar-refractivity contribution in [3.8, 4) is 5.75 Å². The van der Waals surface area contributed by atoms with E-state index in [9.17, 15) is 9.59 Å². The summed E-state index contributed by atoms with van der Waals surface area (Å²) in [6.07, 6.45) is 3.36. The van der Waals surface area contributed by atoms with Crippen LogP contribution in [0.3, 0.4) is 0 Å². The van der Waals surface area contributed by atoms with Gasteiger partial charge in [0.15, 0.2) is 11.2 Å². The summed E-state index contributed by atoms with van der Waals surface area (Å²) < 4.78 is 16.2. The van der Waals surface area contributed by atoms with Crippen LogP contribution in [0.15, 0.2) is 35.4 Å². The summed E-state index contributed by atoms with van der Waals surface area (Å²) in [5.74, 6) is -0.425. The van der Waals surface area contributed by atoms with Crippen molar-refractivity contribution in [1.29, 1.82) is 0 Å². The zero-order valence-corrected chi connectivity index (χ0v) is 16.6. The number of nitrogens with zero attached hydrogens (tertiary/aromatic N) is 1. The van der Waals surface area contributed by atoms with Gasteiger partial charge in [-0.1, -0.05) is 13.0 Å². The minimum Gasteiger partial charge on any atom is -0.496 e. The number of rotatable bonds is 3. The van der Waals surface area contributed by atoms with Crippen molar-refractivity contribution in [3.63, 3.8) is 0 Å². The minimum atomic E-state index is -0.814. The molecule has 0 unspecified atom stereocenters. The zero-order chi connectivity index (χ0) is 20.3. The average Bonchev–Trinajstić information content (AvgIpc) is 3.26. The number of fused-ring (bicyclic) bond motifs is 6. The smallest absolute Gasteiger partial charge is 0.346 e. The van der Waals surface area contributed by atoms with Crippen molar-refractivity contribution >= 4 is 28.5 Å². The number of H-pyrrole nitrogens is 1. The van der Waals surface area contributed by atoms with Crippen molar-refractivity contribution in [1.82, 2.24) is 9.88 Å². The Morgan fingerprint density at radius 3 is 2.90 bits per heavy atom. The van der Waals surface area contributed by atoms with Crippen LogP contribution in [0.2, 0.25) is 0 Å². The number of nitrogens with one attached hydrogen (secondary N) is 1. The molecule has 0 aliphatic carbocycles. The van der Waals surface area contributed by atoms with Crippen molar-refractivity contribution in [2.75, 3.05) is 27.3 Å². The molecule has 3 aliphatic heterocycles. The number of benzene rings is 1. The molecule has 0 amide bonds. The summed E-state index contributed by atoms with van der Waals surface area (Å²) in [7, 11) is 2.95. The van der Waals surface area contributed by atoms with Crippen molar-refractivity contribution in [3.05, 3.63) is 46.7 Å². The van der Waals surface area contributed by atoms with Gasteiger partial charge >= 0.3 is 11.9 Å². The van der Waals surface area contributed by atoms with Crippen molar-refractivity contribution < 1.29 is 23.8 Å². The van der Waals surface area contributed by atoms with Crippen LogP contribution in [0.4, 0.5) is 0 Å². The Morgan fingerprint density at radius 2 is 2.17 bits per heavy atom. The first kappa shape index (κ1) is 17.8. The lowest BCUT2D eigenvalue weighted by molar-refractivity contribution is -0.151. The monoisotopic (exact) mass is 394 g/mol. The Labute approximate surface area is 167 Å². The predicted molar refractivity (Wildman–Crippen MR) is 106 cm³/mol. The Bertz CT molecular complexity index is 1130. The Morgan fingerprint density at radius 1 is 1.34 bits per heavy atom. The molecule has 1 aromatic carbocycles. The molecule has 7 nitrogen and oxygen atoms in total. The van der Waals surface area contributed by atoms with E-state index in [0.717, 1.165) is 41.0 Å². The van der Waals surface area contributed by atoms with E-state index in [0.29, 0.717) is 18.5 Å². The number of ether oxygens (including phenoxy) is 3. The average molecular weight is 394 g/mol. The third-order valence-electron chi connectivity index (χ3n) is 6.28. The second kappa shape index (κ2) is 6.14. The first-order valence-electron chi connectivity index (χ1n) is 9.74. The second-order valence-corrected chi connectivity index (χ2v) is 7.58. The summed E-state index contributed by atoms with van der Waals surface area (Å²) in [5, 5.41) is 1.08. The molecule has 0 saturated heterocycles. The van der Waals surface area contributed by atoms with Crippen LogP contribution in [0, 0.1) is 0 Å². The van der Waals surface area contributed by atoms with E-state index in [-0.39, 0.29) is 5.57 Å². The topological polar surface area (TPSA) is 80.9 Å². The summed E-state index contributed by atoms with van der Waals surface area (Å²) >= 11 is 0. The van der Waals surface area contributed by atoms with Gasteiger partial charge in [0.2, 0.25) is 0 Å². The van der Waals surface area contributed by atoms with Crippen LogP contribution >= 0.6 is 0 Å². The standard InChI is InChI=1S/C22H22N2O5/c1-4-22-11-24-9-8-12-17-14(6-5-7-16(17)27-2)23-19(12)15(24)10-13(22)18(20(25)28-3)21(26)29-22/h5-7,10,23H,4,8-9,11H2,1-3H3/t22-/m0/s1. The van der Waals surface area contributed by atoms with Gasteiger partial charge < -0.3 is 24.1 Å². The Hall–Kier alpha value is -3.22. The minimum absolute atomic E-state index is 0.00214. The highest BCUT2D eigenvalue weighted by molar-refractivity contribution is 6.17. The number of aromatic nitrogens is 1. The Balaban J connectivity index is 1.75. The number of esters is 2. The quantitative estimate of drug-likeness (QED) is 0.637. The van der Waals surface area contributed by atoms with Gasteiger partial charge in [0.25, 0.3) is 0 Å². The van der Waals surface area contributed by atoms with Gasteiger partial charge in [-0.2, -0.15) is 0 Å². The molecule has 0 bridgehead atoms. The lowest BCUT2D eigenvalue weighted by Gasteiger charge is -2.43. The van der Waals surface area contributed by atoms with Gasteiger partial charge in [-0.05, 0) is 36.6 Å². The number of aromatic amines is 1. The molecule has 0 radical (unpaired) electrons. The van der Waals surface area contributed by atoms with Crippen molar-refractivity contribution in [2.45, 2.75) is 25.4 Å². The highest BCUT2D eigenvalue weighted by atomic mass is 16.6. The van der Waals surface area contributed by atoms with Crippen LogP contribution in [-0.2, 0) is 25.5 Å². The SMILES string of the molecule is CC[C@]12CN3CCc4c([nH]c5cccc(OC)c45)C3=CC1=C(C(=O)OC)C(=O)O2. The molecule has 0 saturated carbocycles. The van der Waals surface area contributed by atoms with Gasteiger partial charge in [0, 0.05) is 23.0 Å². The fourth-order valence-corrected chi connectivity index (χ4v) is 4.83. The molecule has 4 heterocycles. The fraction of sp³-hybridized carbons (Fsp3) is 0.364. The number of methoxy groups -OCH3 is 2. The molecule has 29 heavy (non-hydrogen) atoms. The molecule has 1 N–H and O–H groups in total. The molecule has 1 aromatic heterocycles. The van der Waals surface area contributed by atoms with Crippen LogP contribution in [0.5, 0.6) is 5.75 Å². The van der Waals surface area contributed by atoms with E-state index in [4.69, 9.17) is 14.2 Å². The summed E-state index contributed by atoms with van der Waals surface area (Å²) in [5.41, 5.74) is 3.95. The van der Waals surface area contributed by atoms with E-state index in [1.807, 2.05) is 31.2 Å². The Kier molecular flexibility index (Phi) is 3.78. The van der Waals surface area contributed by atoms with E-state index in [2.05, 4.69) is 9.88 Å². The zero-order valence-electron chi connectivity index (χ0n) is 16.6. The van der Waals surface area contributed by atoms with Crippen LogP contribution < -0.4 is 4.74 Å². The lowest BCUT2D eigenvalue weighted by atomic mass is 9.83. The third kappa shape index (κ3) is 2.30. The molecular weight excluding hydrogens is 372 g/mol. The first-order chi connectivity index (χ1) is 14.0. The third-order valence-corrected chi connectivity index (χ3v) is 6.28. The van der Waals surface area contributed by atoms with Crippen molar-refractivity contribution in [2.24, 2.45) is 0 Å². The van der Waals surface area contributed by atoms with Gasteiger partial charge in [-0.15, -0.1) is 0 Å². The highest BCUT2D eigenvalue weighted by Gasteiger charge is 2.52. The summed E-state index contributed by atoms with van der Waals surface area (Å²) in [6, 6.07) is 5.95. The predicted octanol–water partition coefficient (Wildman–Crippen LogP) is 2.56. The molecule has 0 spiro atoms. The van der Waals surface area contributed by atoms with E-state index in [1.54, 1.807) is 7.11 Å². The number of carbonyl (C=O) groups is 2. The van der Waals surface area contributed by atoms with E-state index >= 15 is 0 Å². The maximum absolute atomic E-state index is 12.5. The highest BCUT2D eigenvalue weighted by Crippen LogP contribution is 2.47. The maximum Gasteiger partial charge on any atom is 0.346 e. The molecule has 3 aliphatic rings. The number of hydrogen-bond donors (Lipinski definition) is 1. The number of carbonyl (C=O) groups excluding carboxylic acids is 2. The second-order valence-electron chi connectivity index (χ2n) is 7.58. The normalized spacial score (nSPS) is 22.7. The maximum atomic E-state index is 12.5. The molecule has 1 atom stereocenters. The van der Waals surface area contributed by atoms with E-state index in [1.165, 1.54) is 12.7 Å². The molecule has 150 valence electrons. The van der Waals surface area contributed by atoms with Gasteiger partial charge in [-0.3, -0.25) is 0 Å². The first-order valence-corrected chi connectivity index (χ1v) is 9.74. The largest absolute Gasteiger partial charge is 0.496 e. The molecule has 5 rings (SSSR count).